The topological polar surface area (TPSA) is 195 Å². The summed E-state index contributed by atoms with van der Waals surface area (Å²) in [6.45, 7) is 0. The van der Waals surface area contributed by atoms with Crippen LogP contribution in [0.3, 0.4) is 0 Å². The second-order valence-corrected chi connectivity index (χ2v) is 8.47. The van der Waals surface area contributed by atoms with Gasteiger partial charge in [-0.2, -0.15) is 0 Å². The van der Waals surface area contributed by atoms with Crippen LogP contribution in [-0.2, 0) is 0 Å². The van der Waals surface area contributed by atoms with Gasteiger partial charge < -0.3 is 58.0 Å². The van der Waals surface area contributed by atoms with E-state index in [9.17, 15) is 29.7 Å². The predicted octanol–water partition coefficient (Wildman–Crippen LogP) is 4.31. The Morgan fingerprint density at radius 2 is 0.727 bits per heavy atom. The van der Waals surface area contributed by atoms with Crippen molar-refractivity contribution in [1.82, 2.24) is 0 Å². The Balaban J connectivity index is 2.55. The Morgan fingerprint density at radius 3 is 1.07 bits per heavy atom. The molecular weight excluding hydrogens is 588 g/mol. The van der Waals surface area contributed by atoms with Gasteiger partial charge in [-0.15, -0.1) is 0 Å². The maximum Gasteiger partial charge on any atom is 0.339 e. The number of carboxylic acid groups (broad SMARTS) is 3. The molecule has 0 unspecified atom stereocenters. The number of aromatic carboxylic acids is 3. The van der Waals surface area contributed by atoms with E-state index in [0.29, 0.717) is 0 Å². The molecule has 0 spiro atoms. The second kappa shape index (κ2) is 13.5. The number of ether oxygens (including phenoxy) is 9. The summed E-state index contributed by atoms with van der Waals surface area (Å²) in [6, 6.07) is 3.26. The summed E-state index contributed by atoms with van der Waals surface area (Å²) in [4.78, 5) is 37.5. The fourth-order valence-electron chi connectivity index (χ4n) is 4.57. The van der Waals surface area contributed by atoms with Crippen molar-refractivity contribution in [3.05, 3.63) is 34.9 Å². The fraction of sp³-hybridized carbons (Fsp3) is 0.276. The molecule has 0 bridgehead atoms. The molecule has 3 aromatic rings. The summed E-state index contributed by atoms with van der Waals surface area (Å²) in [5.74, 6) is -6.14. The third-order valence-electron chi connectivity index (χ3n) is 6.38. The molecule has 0 amide bonds. The lowest BCUT2D eigenvalue weighted by Gasteiger charge is -2.24. The van der Waals surface area contributed by atoms with E-state index in [0.717, 1.165) is 18.2 Å². The smallest absolute Gasteiger partial charge is 0.339 e. The molecule has 0 radical (unpaired) electrons. The first kappa shape index (κ1) is 32.8. The van der Waals surface area contributed by atoms with Gasteiger partial charge in [-0.3, -0.25) is 0 Å². The highest BCUT2D eigenvalue weighted by molar-refractivity contribution is 6.08. The Morgan fingerprint density at radius 1 is 0.409 bits per heavy atom. The van der Waals surface area contributed by atoms with Gasteiger partial charge in [0.2, 0.25) is 23.0 Å². The summed E-state index contributed by atoms with van der Waals surface area (Å²) in [5, 5.41) is 30.5. The molecule has 0 saturated carbocycles. The number of carbonyl (C=O) groups is 3. The van der Waals surface area contributed by atoms with Crippen LogP contribution in [-0.4, -0.2) is 90.1 Å². The molecule has 236 valence electrons. The average Bonchev–Trinajstić information content (AvgIpc) is 3.01. The third-order valence-corrected chi connectivity index (χ3v) is 6.38. The molecule has 0 aliphatic rings. The zero-order chi connectivity index (χ0) is 32.9. The molecule has 0 heterocycles. The molecule has 15 nitrogen and oxygen atoms in total. The van der Waals surface area contributed by atoms with E-state index in [-0.39, 0.29) is 62.9 Å². The summed E-state index contributed by atoms with van der Waals surface area (Å²) < 4.78 is 49.3. The molecule has 0 aliphatic carbocycles. The fourth-order valence-corrected chi connectivity index (χ4v) is 4.57. The van der Waals surface area contributed by atoms with Gasteiger partial charge in [0.15, 0.2) is 34.5 Å². The van der Waals surface area contributed by atoms with Crippen molar-refractivity contribution in [2.75, 3.05) is 56.9 Å². The van der Waals surface area contributed by atoms with Crippen LogP contribution in [0.2, 0.25) is 0 Å². The molecule has 0 aromatic heterocycles. The van der Waals surface area contributed by atoms with Crippen LogP contribution in [0.25, 0.3) is 11.1 Å². The van der Waals surface area contributed by atoms with Gasteiger partial charge in [-0.25, -0.2) is 14.4 Å². The van der Waals surface area contributed by atoms with Gasteiger partial charge in [-0.05, 0) is 6.07 Å². The molecule has 3 aromatic carbocycles. The van der Waals surface area contributed by atoms with Gasteiger partial charge in [-0.1, -0.05) is 0 Å². The first-order chi connectivity index (χ1) is 21.0. The monoisotopic (exact) mass is 618 g/mol. The van der Waals surface area contributed by atoms with E-state index >= 15 is 0 Å². The first-order valence-corrected chi connectivity index (χ1v) is 12.3. The number of rotatable bonds is 14. The highest BCUT2D eigenvalue weighted by atomic mass is 16.6. The lowest BCUT2D eigenvalue weighted by molar-refractivity contribution is 0.0682. The minimum absolute atomic E-state index is 0.00462. The molecule has 3 N–H and O–H groups in total. The van der Waals surface area contributed by atoms with E-state index in [4.69, 9.17) is 42.6 Å². The van der Waals surface area contributed by atoms with E-state index in [1.54, 1.807) is 0 Å². The molecule has 0 atom stereocenters. The predicted molar refractivity (Wildman–Crippen MR) is 152 cm³/mol. The van der Waals surface area contributed by atoms with Crippen LogP contribution in [0.5, 0.6) is 57.5 Å². The first-order valence-electron chi connectivity index (χ1n) is 12.3. The molecular formula is C29H30O15. The lowest BCUT2D eigenvalue weighted by Crippen LogP contribution is -2.11. The Bertz CT molecular complexity index is 1610. The van der Waals surface area contributed by atoms with Gasteiger partial charge in [0, 0.05) is 23.3 Å². The van der Waals surface area contributed by atoms with Crippen molar-refractivity contribution in [2.45, 2.75) is 0 Å². The van der Waals surface area contributed by atoms with Gasteiger partial charge in [0.1, 0.15) is 5.56 Å². The van der Waals surface area contributed by atoms with Crippen LogP contribution < -0.4 is 42.6 Å². The van der Waals surface area contributed by atoms with Crippen molar-refractivity contribution in [2.24, 2.45) is 0 Å². The van der Waals surface area contributed by atoms with Gasteiger partial charge >= 0.3 is 17.9 Å². The van der Waals surface area contributed by atoms with Crippen molar-refractivity contribution < 1.29 is 72.3 Å². The van der Waals surface area contributed by atoms with Gasteiger partial charge in [0.05, 0.1) is 68.0 Å². The van der Waals surface area contributed by atoms with Crippen LogP contribution >= 0.6 is 0 Å². The number of methoxy groups -OCH3 is 8. The third kappa shape index (κ3) is 5.54. The standard InChI is InChI=1S/C29H30O15/c1-36-15-9-12(27(30)31)18(24(41-6)21(15)38-3)19-13(28(32)33)10-17(23(40-5)25(19)42-7)44-20-14(29(34)35)11-16(37-2)22(39-4)26(20)43-8/h9-11H,1-8H3,(H,30,31)(H,32,33)(H,34,35). The Kier molecular flexibility index (Phi) is 10.1. The van der Waals surface area contributed by atoms with Gasteiger partial charge in [0.25, 0.3) is 0 Å². The molecule has 0 aliphatic heterocycles. The highest BCUT2D eigenvalue weighted by Gasteiger charge is 2.35. The second-order valence-electron chi connectivity index (χ2n) is 8.47. The minimum Gasteiger partial charge on any atom is -0.493 e. The summed E-state index contributed by atoms with van der Waals surface area (Å²) >= 11 is 0. The molecule has 15 heteroatoms. The Hall–Kier alpha value is -5.73. The van der Waals surface area contributed by atoms with E-state index in [1.165, 1.54) is 56.9 Å². The summed E-state index contributed by atoms with van der Waals surface area (Å²) in [5.41, 5.74) is -1.92. The molecule has 44 heavy (non-hydrogen) atoms. The van der Waals surface area contributed by atoms with E-state index in [1.807, 2.05) is 0 Å². The highest BCUT2D eigenvalue weighted by Crippen LogP contribution is 2.56. The van der Waals surface area contributed by atoms with Crippen molar-refractivity contribution in [3.8, 4) is 68.6 Å². The molecule has 3 rings (SSSR count). The van der Waals surface area contributed by atoms with Crippen molar-refractivity contribution in [1.29, 1.82) is 0 Å². The summed E-state index contributed by atoms with van der Waals surface area (Å²) in [7, 11) is 10.0. The molecule has 0 saturated heterocycles. The normalized spacial score (nSPS) is 10.4. The summed E-state index contributed by atoms with van der Waals surface area (Å²) in [6.07, 6.45) is 0. The van der Waals surface area contributed by atoms with Crippen LogP contribution in [0.15, 0.2) is 18.2 Å². The number of hydrogen-bond acceptors (Lipinski definition) is 12. The van der Waals surface area contributed by atoms with Crippen molar-refractivity contribution in [3.63, 3.8) is 0 Å². The largest absolute Gasteiger partial charge is 0.493 e. The maximum atomic E-state index is 12.8. The van der Waals surface area contributed by atoms with E-state index in [2.05, 4.69) is 0 Å². The lowest BCUT2D eigenvalue weighted by atomic mass is 9.91. The quantitative estimate of drug-likeness (QED) is 0.231. The number of carboxylic acids is 3. The van der Waals surface area contributed by atoms with Crippen LogP contribution in [0.4, 0.5) is 0 Å². The molecule has 0 fully saturated rings. The average molecular weight is 619 g/mol. The SMILES string of the molecule is COc1cc(C(=O)O)c(Oc2cc(C(=O)O)c(-c3c(C(=O)O)cc(OC)c(OC)c3OC)c(OC)c2OC)c(OC)c1OC. The number of hydrogen-bond donors (Lipinski definition) is 3. The van der Waals surface area contributed by atoms with Crippen LogP contribution in [0, 0.1) is 0 Å². The zero-order valence-electron chi connectivity index (χ0n) is 25.0. The van der Waals surface area contributed by atoms with Crippen molar-refractivity contribution >= 4 is 17.9 Å². The zero-order valence-corrected chi connectivity index (χ0v) is 25.0. The maximum absolute atomic E-state index is 12.8. The number of benzene rings is 3. The van der Waals surface area contributed by atoms with E-state index < -0.39 is 40.3 Å². The van der Waals surface area contributed by atoms with Crippen LogP contribution in [0.1, 0.15) is 31.1 Å². The minimum atomic E-state index is -1.54. The Labute approximate surface area is 250 Å².